The smallest absolute Gasteiger partial charge is 0.373 e. The van der Waals surface area contributed by atoms with Crippen LogP contribution in [0, 0.1) is 6.92 Å². The molecule has 3 aromatic rings. The van der Waals surface area contributed by atoms with Crippen LogP contribution in [-0.4, -0.2) is 32.3 Å². The van der Waals surface area contributed by atoms with E-state index in [9.17, 15) is 31.1 Å². The minimum Gasteiger partial charge on any atom is -0.373 e. The zero-order valence-corrected chi connectivity index (χ0v) is 20.7. The van der Waals surface area contributed by atoms with E-state index in [-0.39, 0.29) is 57.4 Å². The Morgan fingerprint density at radius 3 is 2.44 bits per heavy atom. The summed E-state index contributed by atoms with van der Waals surface area (Å²) in [4.78, 5) is 25.3. The molecule has 3 aliphatic rings. The molecule has 0 bridgehead atoms. The fourth-order valence-corrected chi connectivity index (χ4v) is 5.13. The maximum Gasteiger partial charge on any atom is 0.420 e. The van der Waals surface area contributed by atoms with Crippen LogP contribution < -0.4 is 5.56 Å². The van der Waals surface area contributed by atoms with E-state index < -0.39 is 29.9 Å². The second kappa shape index (κ2) is 9.02. The van der Waals surface area contributed by atoms with Crippen molar-refractivity contribution in [3.63, 3.8) is 0 Å². The first kappa shape index (κ1) is 25.8. The summed E-state index contributed by atoms with van der Waals surface area (Å²) >= 11 is 0. The first-order valence-corrected chi connectivity index (χ1v) is 12.5. The average Bonchev–Trinajstić information content (AvgIpc) is 3.66. The van der Waals surface area contributed by atoms with Crippen molar-refractivity contribution >= 4 is 16.6 Å². The third-order valence-electron chi connectivity index (χ3n) is 7.41. The summed E-state index contributed by atoms with van der Waals surface area (Å²) in [5.74, 6) is -0.00734. The van der Waals surface area contributed by atoms with Gasteiger partial charge in [-0.15, -0.1) is 5.73 Å². The molecule has 12 heteroatoms. The van der Waals surface area contributed by atoms with Crippen LogP contribution in [0.25, 0.3) is 16.6 Å². The average molecular weight is 548 g/mol. The number of rotatable bonds is 4. The lowest BCUT2D eigenvalue weighted by Crippen LogP contribution is -2.24. The highest BCUT2D eigenvalue weighted by atomic mass is 19.4. The summed E-state index contributed by atoms with van der Waals surface area (Å²) in [5.41, 5.74) is 0.832. The lowest BCUT2D eigenvalue weighted by molar-refractivity contribution is -0.138. The number of fused-ring (bicyclic) bond motifs is 1. The highest BCUT2D eigenvalue weighted by Crippen LogP contribution is 2.43. The van der Waals surface area contributed by atoms with Crippen LogP contribution in [0.1, 0.15) is 78.5 Å². The first-order valence-electron chi connectivity index (χ1n) is 12.5. The van der Waals surface area contributed by atoms with E-state index in [4.69, 9.17) is 4.74 Å². The molecule has 2 aliphatic carbocycles. The molecule has 1 saturated carbocycles. The van der Waals surface area contributed by atoms with Crippen LogP contribution in [0.5, 0.6) is 0 Å². The summed E-state index contributed by atoms with van der Waals surface area (Å²) in [6.45, 7) is 1.56. The maximum absolute atomic E-state index is 13.6. The van der Waals surface area contributed by atoms with Crippen LogP contribution in [0.3, 0.4) is 0 Å². The normalized spacial score (nSPS) is 21.9. The maximum atomic E-state index is 13.6. The van der Waals surface area contributed by atoms with Gasteiger partial charge in [-0.1, -0.05) is 0 Å². The molecule has 0 aromatic carbocycles. The van der Waals surface area contributed by atoms with Crippen LogP contribution in [0.4, 0.5) is 26.3 Å². The van der Waals surface area contributed by atoms with E-state index in [2.05, 4.69) is 20.7 Å². The summed E-state index contributed by atoms with van der Waals surface area (Å²) < 4.78 is 87.9. The van der Waals surface area contributed by atoms with Gasteiger partial charge in [-0.25, -0.2) is 15.0 Å². The van der Waals surface area contributed by atoms with Gasteiger partial charge in [0.1, 0.15) is 5.82 Å². The van der Waals surface area contributed by atoms with Gasteiger partial charge < -0.3 is 9.30 Å². The Hall–Kier alpha value is -3.50. The second-order valence-corrected chi connectivity index (χ2v) is 10.2. The van der Waals surface area contributed by atoms with Crippen molar-refractivity contribution in [2.24, 2.45) is 0 Å². The van der Waals surface area contributed by atoms with Crippen LogP contribution >= 0.6 is 0 Å². The van der Waals surface area contributed by atoms with Crippen molar-refractivity contribution in [2.75, 3.05) is 6.61 Å². The first-order chi connectivity index (χ1) is 18.4. The van der Waals surface area contributed by atoms with Gasteiger partial charge in [0, 0.05) is 48.2 Å². The SMILES string of the molecule is Cc1nc2nc(C3CCOC(c4ccc(=O)n(C5CC5)c4)C3)nc(C3=C=C(C(F)(F)F)C3)c2cc1C(F)(F)F. The number of aromatic nitrogens is 4. The molecule has 0 amide bonds. The summed E-state index contributed by atoms with van der Waals surface area (Å²) in [5, 5.41) is -0.0690. The molecule has 204 valence electrons. The van der Waals surface area contributed by atoms with Gasteiger partial charge in [-0.05, 0) is 50.3 Å². The lowest BCUT2D eigenvalue weighted by atomic mass is 9.90. The van der Waals surface area contributed by atoms with Gasteiger partial charge in [0.15, 0.2) is 5.65 Å². The number of hydrogen-bond donors (Lipinski definition) is 0. The quantitative estimate of drug-likeness (QED) is 0.280. The Labute approximate surface area is 218 Å². The molecule has 4 heterocycles. The monoisotopic (exact) mass is 548 g/mol. The minimum atomic E-state index is -4.70. The van der Waals surface area contributed by atoms with E-state index in [1.54, 1.807) is 16.8 Å². The molecule has 0 radical (unpaired) electrons. The molecule has 0 spiro atoms. The predicted octanol–water partition coefficient (Wildman–Crippen LogP) is 6.36. The molecule has 6 nitrogen and oxygen atoms in total. The van der Waals surface area contributed by atoms with E-state index in [0.29, 0.717) is 19.4 Å². The molecule has 39 heavy (non-hydrogen) atoms. The Kier molecular flexibility index (Phi) is 5.96. The highest BCUT2D eigenvalue weighted by molar-refractivity contribution is 5.90. The van der Waals surface area contributed by atoms with Crippen LogP contribution in [-0.2, 0) is 10.9 Å². The Balaban J connectivity index is 1.42. The fraction of sp³-hybridized carbons (Fsp3) is 0.444. The standard InChI is InChI=1S/C27H22F6N4O2/c1-13-20(27(31,32)33)11-19-23(16-8-17(9-16)26(28,29)30)35-24(36-25(19)34-13)14-6-7-39-21(10-14)15-2-5-22(38)37(12-15)18-3-4-18/h2,5,11-12,14,18,21H,3-4,6-8,10H2,1H3. The number of aryl methyl sites for hydroxylation is 1. The molecule has 2 atom stereocenters. The number of pyridine rings is 2. The van der Waals surface area contributed by atoms with E-state index in [1.807, 2.05) is 0 Å². The summed E-state index contributed by atoms with van der Waals surface area (Å²) in [7, 11) is 0. The second-order valence-electron chi connectivity index (χ2n) is 10.2. The number of allylic oxidation sites excluding steroid dienone is 1. The van der Waals surface area contributed by atoms with Crippen molar-refractivity contribution in [1.29, 1.82) is 0 Å². The Morgan fingerprint density at radius 1 is 1.03 bits per heavy atom. The minimum absolute atomic E-state index is 0.0133. The summed E-state index contributed by atoms with van der Waals surface area (Å²) in [6, 6.07) is 4.26. The molecular weight excluding hydrogens is 526 g/mol. The van der Waals surface area contributed by atoms with Gasteiger partial charge in [0.25, 0.3) is 5.56 Å². The van der Waals surface area contributed by atoms with Crippen LogP contribution in [0.2, 0.25) is 0 Å². The lowest BCUT2D eigenvalue weighted by Gasteiger charge is -2.30. The zero-order chi connectivity index (χ0) is 27.7. The van der Waals surface area contributed by atoms with Gasteiger partial charge in [-0.2, -0.15) is 26.3 Å². The molecule has 1 aliphatic heterocycles. The number of ether oxygens (including phenoxy) is 1. The number of halogens is 6. The molecule has 2 unspecified atom stereocenters. The Bertz CT molecular complexity index is 1610. The molecule has 6 rings (SSSR count). The largest absolute Gasteiger partial charge is 0.420 e. The van der Waals surface area contributed by atoms with E-state index in [1.165, 1.54) is 13.0 Å². The van der Waals surface area contributed by atoms with Gasteiger partial charge in [0.05, 0.1) is 28.6 Å². The molecule has 3 aromatic heterocycles. The Morgan fingerprint density at radius 2 is 1.77 bits per heavy atom. The predicted molar refractivity (Wildman–Crippen MR) is 128 cm³/mol. The third kappa shape index (κ3) is 4.87. The topological polar surface area (TPSA) is 69.9 Å². The van der Waals surface area contributed by atoms with Crippen molar-refractivity contribution in [3.05, 3.63) is 74.4 Å². The molecule has 1 saturated heterocycles. The van der Waals surface area contributed by atoms with E-state index >= 15 is 0 Å². The van der Waals surface area contributed by atoms with Gasteiger partial charge >= 0.3 is 12.4 Å². The van der Waals surface area contributed by atoms with Gasteiger partial charge in [0.2, 0.25) is 0 Å². The molecule has 0 N–H and O–H groups in total. The third-order valence-corrected chi connectivity index (χ3v) is 7.41. The van der Waals surface area contributed by atoms with Crippen molar-refractivity contribution < 1.29 is 31.1 Å². The van der Waals surface area contributed by atoms with Crippen LogP contribution in [0.15, 0.2) is 40.5 Å². The fourth-order valence-electron chi connectivity index (χ4n) is 5.13. The number of alkyl halides is 6. The zero-order valence-electron chi connectivity index (χ0n) is 20.7. The van der Waals surface area contributed by atoms with Crippen molar-refractivity contribution in [1.82, 2.24) is 19.5 Å². The number of nitrogens with zero attached hydrogens (tertiary/aromatic N) is 4. The van der Waals surface area contributed by atoms with Crippen molar-refractivity contribution in [2.45, 2.75) is 69.4 Å². The summed E-state index contributed by atoms with van der Waals surface area (Å²) in [6.07, 6.45) is -5.56. The van der Waals surface area contributed by atoms with E-state index in [0.717, 1.165) is 24.5 Å². The number of hydrogen-bond acceptors (Lipinski definition) is 5. The molecule has 2 fully saturated rings. The highest BCUT2D eigenvalue weighted by Gasteiger charge is 2.40. The van der Waals surface area contributed by atoms with Gasteiger partial charge in [-0.3, -0.25) is 4.79 Å². The molecular formula is C27H22F6N4O2. The van der Waals surface area contributed by atoms with Crippen molar-refractivity contribution in [3.8, 4) is 0 Å².